The summed E-state index contributed by atoms with van der Waals surface area (Å²) in [5.74, 6) is -2.52. The summed E-state index contributed by atoms with van der Waals surface area (Å²) in [6, 6.07) is 6.30. The van der Waals surface area contributed by atoms with E-state index in [1.165, 1.54) is 29.1 Å². The summed E-state index contributed by atoms with van der Waals surface area (Å²) in [4.78, 5) is -0.831. The molecule has 1 aromatic heterocycles. The van der Waals surface area contributed by atoms with Crippen LogP contribution in [0.1, 0.15) is 5.56 Å². The lowest BCUT2D eigenvalue weighted by molar-refractivity contribution is 0.555. The Labute approximate surface area is 152 Å². The van der Waals surface area contributed by atoms with Crippen LogP contribution in [0.4, 0.5) is 18.9 Å². The second kappa shape index (κ2) is 7.00. The molecule has 0 bridgehead atoms. The van der Waals surface area contributed by atoms with Gasteiger partial charge in [-0.05, 0) is 30.3 Å². The van der Waals surface area contributed by atoms with Crippen LogP contribution in [0.5, 0.6) is 0 Å². The number of sulfonamides is 1. The molecule has 0 amide bonds. The molecule has 136 valence electrons. The Morgan fingerprint density at radius 1 is 1.12 bits per heavy atom. The number of hydrogen-bond acceptors (Lipinski definition) is 3. The number of rotatable bonds is 5. The first kappa shape index (κ1) is 18.3. The fraction of sp³-hybridized carbons (Fsp3) is 0.0625. The van der Waals surface area contributed by atoms with Crippen LogP contribution in [0.2, 0.25) is 5.02 Å². The van der Waals surface area contributed by atoms with Crippen LogP contribution in [0.25, 0.3) is 0 Å². The van der Waals surface area contributed by atoms with Gasteiger partial charge >= 0.3 is 0 Å². The van der Waals surface area contributed by atoms with E-state index < -0.39 is 32.4 Å². The fourth-order valence-corrected chi connectivity index (χ4v) is 3.58. The number of halogens is 4. The molecule has 0 unspecified atom stereocenters. The summed E-state index contributed by atoms with van der Waals surface area (Å²) in [6.07, 6.45) is 2.43. The Bertz CT molecular complexity index is 1050. The van der Waals surface area contributed by atoms with Crippen molar-refractivity contribution < 1.29 is 21.6 Å². The van der Waals surface area contributed by atoms with Gasteiger partial charge in [-0.25, -0.2) is 21.6 Å². The molecule has 0 spiro atoms. The van der Waals surface area contributed by atoms with Gasteiger partial charge in [0.2, 0.25) is 0 Å². The van der Waals surface area contributed by atoms with E-state index in [1.54, 1.807) is 0 Å². The molecule has 1 N–H and O–H groups in total. The third kappa shape index (κ3) is 3.83. The SMILES string of the molecule is O=S(=O)(Nc1cnn(Cc2c(F)cccc2Cl)c1)c1cc(F)ccc1F. The van der Waals surface area contributed by atoms with E-state index in [2.05, 4.69) is 9.82 Å². The number of nitrogens with one attached hydrogen (secondary N) is 1. The highest BCUT2D eigenvalue weighted by Gasteiger charge is 2.21. The number of benzene rings is 2. The van der Waals surface area contributed by atoms with Crippen molar-refractivity contribution in [3.63, 3.8) is 0 Å². The Kier molecular flexibility index (Phi) is 4.92. The second-order valence-electron chi connectivity index (χ2n) is 5.31. The third-order valence-corrected chi connectivity index (χ3v) is 5.20. The van der Waals surface area contributed by atoms with Gasteiger partial charge in [-0.3, -0.25) is 9.40 Å². The average Bonchev–Trinajstić information content (AvgIpc) is 2.99. The van der Waals surface area contributed by atoms with Crippen molar-refractivity contribution in [1.82, 2.24) is 9.78 Å². The van der Waals surface area contributed by atoms with Crippen molar-refractivity contribution >= 4 is 27.3 Å². The third-order valence-electron chi connectivity index (χ3n) is 3.45. The molecular formula is C16H11ClF3N3O2S. The van der Waals surface area contributed by atoms with Gasteiger partial charge in [-0.1, -0.05) is 17.7 Å². The highest BCUT2D eigenvalue weighted by atomic mass is 35.5. The molecule has 0 saturated carbocycles. The molecule has 1 heterocycles. The maximum atomic E-state index is 13.8. The topological polar surface area (TPSA) is 64.0 Å². The highest BCUT2D eigenvalue weighted by Crippen LogP contribution is 2.22. The van der Waals surface area contributed by atoms with Gasteiger partial charge in [0, 0.05) is 16.8 Å². The van der Waals surface area contributed by atoms with Crippen molar-refractivity contribution in [3.05, 3.63) is 76.8 Å². The van der Waals surface area contributed by atoms with E-state index >= 15 is 0 Å². The van der Waals surface area contributed by atoms with Gasteiger partial charge in [-0.2, -0.15) is 5.10 Å². The Balaban J connectivity index is 1.83. The van der Waals surface area contributed by atoms with Gasteiger partial charge in [0.05, 0.1) is 18.4 Å². The molecule has 10 heteroatoms. The molecule has 3 aromatic rings. The van der Waals surface area contributed by atoms with Crippen LogP contribution in [-0.2, 0) is 16.6 Å². The molecular weight excluding hydrogens is 391 g/mol. The molecule has 0 aliphatic heterocycles. The zero-order valence-electron chi connectivity index (χ0n) is 13.0. The van der Waals surface area contributed by atoms with Crippen molar-refractivity contribution in [2.75, 3.05) is 4.72 Å². The van der Waals surface area contributed by atoms with E-state index in [0.717, 1.165) is 12.3 Å². The lowest BCUT2D eigenvalue weighted by Gasteiger charge is -2.07. The average molecular weight is 402 g/mol. The summed E-state index contributed by atoms with van der Waals surface area (Å²) in [7, 11) is -4.36. The van der Waals surface area contributed by atoms with E-state index in [-0.39, 0.29) is 22.8 Å². The predicted octanol–water partition coefficient (Wildman–Crippen LogP) is 3.80. The van der Waals surface area contributed by atoms with Crippen molar-refractivity contribution in [1.29, 1.82) is 0 Å². The minimum atomic E-state index is -4.36. The maximum absolute atomic E-state index is 13.8. The number of anilines is 1. The lowest BCUT2D eigenvalue weighted by Crippen LogP contribution is -2.14. The lowest BCUT2D eigenvalue weighted by atomic mass is 10.2. The molecule has 26 heavy (non-hydrogen) atoms. The van der Waals surface area contributed by atoms with Crippen LogP contribution in [0, 0.1) is 17.5 Å². The molecule has 0 radical (unpaired) electrons. The molecule has 5 nitrogen and oxygen atoms in total. The predicted molar refractivity (Wildman–Crippen MR) is 89.9 cm³/mol. The summed E-state index contributed by atoms with van der Waals surface area (Å²) < 4.78 is 68.5. The number of nitrogens with zero attached hydrogens (tertiary/aromatic N) is 2. The molecule has 0 aliphatic rings. The zero-order valence-corrected chi connectivity index (χ0v) is 14.5. The summed E-state index contributed by atoms with van der Waals surface area (Å²) in [5, 5.41) is 4.11. The Morgan fingerprint density at radius 3 is 2.62 bits per heavy atom. The summed E-state index contributed by atoms with van der Waals surface area (Å²) in [6.45, 7) is -0.0401. The number of hydrogen-bond donors (Lipinski definition) is 1. The molecule has 3 rings (SSSR count). The van der Waals surface area contributed by atoms with Crippen LogP contribution < -0.4 is 4.72 Å². The van der Waals surface area contributed by atoms with Gasteiger partial charge in [0.25, 0.3) is 10.0 Å². The fourth-order valence-electron chi connectivity index (χ4n) is 2.24. The van der Waals surface area contributed by atoms with Crippen molar-refractivity contribution in [2.45, 2.75) is 11.4 Å². The van der Waals surface area contributed by atoms with Crippen LogP contribution >= 0.6 is 11.6 Å². The van der Waals surface area contributed by atoms with Crippen LogP contribution in [-0.4, -0.2) is 18.2 Å². The summed E-state index contributed by atoms with van der Waals surface area (Å²) >= 11 is 5.94. The highest BCUT2D eigenvalue weighted by molar-refractivity contribution is 7.92. The van der Waals surface area contributed by atoms with Gasteiger partial charge in [0.15, 0.2) is 0 Å². The number of aromatic nitrogens is 2. The molecule has 0 aliphatic carbocycles. The van der Waals surface area contributed by atoms with Gasteiger partial charge < -0.3 is 0 Å². The van der Waals surface area contributed by atoms with Crippen molar-refractivity contribution in [2.24, 2.45) is 0 Å². The standard InChI is InChI=1S/C16H11ClF3N3O2S/c17-13-2-1-3-14(19)12(13)9-23-8-11(7-21-23)22-26(24,25)16-6-10(18)4-5-15(16)20/h1-8,22H,9H2. The quantitative estimate of drug-likeness (QED) is 0.707. The van der Waals surface area contributed by atoms with E-state index in [0.29, 0.717) is 12.1 Å². The van der Waals surface area contributed by atoms with Crippen LogP contribution in [0.15, 0.2) is 53.7 Å². The van der Waals surface area contributed by atoms with Crippen LogP contribution in [0.3, 0.4) is 0 Å². The minimum Gasteiger partial charge on any atom is -0.276 e. The van der Waals surface area contributed by atoms with Gasteiger partial charge in [0.1, 0.15) is 22.3 Å². The Morgan fingerprint density at radius 2 is 1.88 bits per heavy atom. The first-order valence-corrected chi connectivity index (χ1v) is 9.05. The largest absolute Gasteiger partial charge is 0.276 e. The normalized spacial score (nSPS) is 11.5. The molecule has 2 aromatic carbocycles. The smallest absolute Gasteiger partial charge is 0.265 e. The first-order chi connectivity index (χ1) is 12.3. The van der Waals surface area contributed by atoms with E-state index in [1.807, 2.05) is 0 Å². The second-order valence-corrected chi connectivity index (χ2v) is 7.37. The van der Waals surface area contributed by atoms with E-state index in [4.69, 9.17) is 11.6 Å². The summed E-state index contributed by atoms with van der Waals surface area (Å²) in [5.41, 5.74) is 0.184. The minimum absolute atomic E-state index is 0.00104. The first-order valence-electron chi connectivity index (χ1n) is 7.19. The van der Waals surface area contributed by atoms with E-state index in [9.17, 15) is 21.6 Å². The van der Waals surface area contributed by atoms with Crippen molar-refractivity contribution in [3.8, 4) is 0 Å². The zero-order chi connectivity index (χ0) is 18.9. The molecule has 0 atom stereocenters. The molecule has 0 saturated heterocycles. The molecule has 0 fully saturated rings. The maximum Gasteiger partial charge on any atom is 0.265 e. The monoisotopic (exact) mass is 401 g/mol. The van der Waals surface area contributed by atoms with Gasteiger partial charge in [-0.15, -0.1) is 0 Å². The Hall–Kier alpha value is -2.52.